The van der Waals surface area contributed by atoms with Crippen molar-refractivity contribution in [3.63, 3.8) is 0 Å². The van der Waals surface area contributed by atoms with Crippen molar-refractivity contribution in [2.24, 2.45) is 0 Å². The number of carbonyl (C=O) groups is 2. The summed E-state index contributed by atoms with van der Waals surface area (Å²) in [4.78, 5) is 25.6. The summed E-state index contributed by atoms with van der Waals surface area (Å²) in [5, 5.41) is 2.73. The number of rotatable bonds is 4. The van der Waals surface area contributed by atoms with E-state index in [-0.39, 0.29) is 17.2 Å². The molecule has 1 heterocycles. The molecule has 0 saturated carbocycles. The number of thioether (sulfide) groups is 1. The van der Waals surface area contributed by atoms with Crippen LogP contribution in [0.2, 0.25) is 0 Å². The minimum Gasteiger partial charge on any atom is -0.326 e. The molecule has 0 spiro atoms. The second-order valence-corrected chi connectivity index (χ2v) is 7.55. The van der Waals surface area contributed by atoms with Crippen LogP contribution in [0.1, 0.15) is 43.2 Å². The number of nitrogens with zero attached hydrogens (tertiary/aromatic N) is 1. The topological polar surface area (TPSA) is 49.4 Å². The molecule has 130 valence electrons. The number of hydrogen-bond donors (Lipinski definition) is 1. The fourth-order valence-corrected chi connectivity index (χ4v) is 4.11. The lowest BCUT2D eigenvalue weighted by atomic mass is 10.0. The molecule has 0 radical (unpaired) electrons. The van der Waals surface area contributed by atoms with Gasteiger partial charge in [-0.25, -0.2) is 0 Å². The molecule has 25 heavy (non-hydrogen) atoms. The normalized spacial score (nSPS) is 17.2. The van der Waals surface area contributed by atoms with Crippen LogP contribution in [0.15, 0.2) is 48.5 Å². The number of amides is 2. The molecule has 1 aliphatic heterocycles. The second-order valence-electron chi connectivity index (χ2n) is 6.48. The van der Waals surface area contributed by atoms with Gasteiger partial charge in [-0.15, -0.1) is 11.8 Å². The molecule has 0 aromatic heterocycles. The largest absolute Gasteiger partial charge is 0.326 e. The first-order chi connectivity index (χ1) is 12.0. The van der Waals surface area contributed by atoms with E-state index in [1.807, 2.05) is 41.3 Å². The Hall–Kier alpha value is -2.27. The van der Waals surface area contributed by atoms with Gasteiger partial charge in [0.25, 0.3) is 0 Å². The van der Waals surface area contributed by atoms with E-state index in [0.29, 0.717) is 11.7 Å². The van der Waals surface area contributed by atoms with E-state index in [1.165, 1.54) is 12.5 Å². The van der Waals surface area contributed by atoms with Gasteiger partial charge < -0.3 is 5.32 Å². The molecule has 0 unspecified atom stereocenters. The Kier molecular flexibility index (Phi) is 5.13. The SMILES string of the molecule is CC(=O)Nc1cccc([C@H]2SCC(=O)N2c2ccc(C(C)C)cc2)c1. The summed E-state index contributed by atoms with van der Waals surface area (Å²) < 4.78 is 0. The molecule has 3 rings (SSSR count). The molecular weight excluding hydrogens is 332 g/mol. The highest BCUT2D eigenvalue weighted by molar-refractivity contribution is 8.00. The van der Waals surface area contributed by atoms with Crippen LogP contribution in [0.25, 0.3) is 0 Å². The van der Waals surface area contributed by atoms with E-state index in [4.69, 9.17) is 0 Å². The third-order valence-electron chi connectivity index (χ3n) is 4.20. The molecule has 1 atom stereocenters. The molecule has 5 heteroatoms. The molecule has 2 amide bonds. The molecule has 2 aromatic rings. The Labute approximate surface area is 152 Å². The van der Waals surface area contributed by atoms with Gasteiger partial charge in [0.1, 0.15) is 5.37 Å². The number of hydrogen-bond acceptors (Lipinski definition) is 3. The van der Waals surface area contributed by atoms with Crippen molar-refractivity contribution in [3.8, 4) is 0 Å². The van der Waals surface area contributed by atoms with Crippen LogP contribution in [0, 0.1) is 0 Å². The van der Waals surface area contributed by atoms with Crippen LogP contribution in [-0.2, 0) is 9.59 Å². The van der Waals surface area contributed by atoms with Gasteiger partial charge in [-0.05, 0) is 41.3 Å². The summed E-state index contributed by atoms with van der Waals surface area (Å²) in [5.74, 6) is 0.925. The van der Waals surface area contributed by atoms with Crippen LogP contribution in [0.5, 0.6) is 0 Å². The van der Waals surface area contributed by atoms with E-state index in [9.17, 15) is 9.59 Å². The lowest BCUT2D eigenvalue weighted by Crippen LogP contribution is -2.27. The Morgan fingerprint density at radius 1 is 1.20 bits per heavy atom. The average molecular weight is 354 g/mol. The summed E-state index contributed by atoms with van der Waals surface area (Å²) in [6.07, 6.45) is 0. The first-order valence-corrected chi connectivity index (χ1v) is 9.42. The monoisotopic (exact) mass is 354 g/mol. The third kappa shape index (κ3) is 3.87. The first-order valence-electron chi connectivity index (χ1n) is 8.37. The summed E-state index contributed by atoms with van der Waals surface area (Å²) in [6.45, 7) is 5.80. The summed E-state index contributed by atoms with van der Waals surface area (Å²) >= 11 is 1.61. The highest BCUT2D eigenvalue weighted by Crippen LogP contribution is 2.42. The predicted octanol–water partition coefficient (Wildman–Crippen LogP) is 4.55. The molecule has 0 aliphatic carbocycles. The van der Waals surface area contributed by atoms with E-state index >= 15 is 0 Å². The smallest absolute Gasteiger partial charge is 0.238 e. The Morgan fingerprint density at radius 3 is 2.56 bits per heavy atom. The maximum absolute atomic E-state index is 12.5. The van der Waals surface area contributed by atoms with Crippen LogP contribution < -0.4 is 10.2 Å². The number of nitrogens with one attached hydrogen (secondary N) is 1. The van der Waals surface area contributed by atoms with E-state index in [0.717, 1.165) is 16.9 Å². The highest BCUT2D eigenvalue weighted by Gasteiger charge is 2.34. The first kappa shape index (κ1) is 17.5. The van der Waals surface area contributed by atoms with Gasteiger partial charge in [-0.1, -0.05) is 38.1 Å². The highest BCUT2D eigenvalue weighted by atomic mass is 32.2. The molecule has 1 fully saturated rings. The molecule has 0 bridgehead atoms. The molecular formula is C20H22N2O2S. The van der Waals surface area contributed by atoms with Gasteiger partial charge in [0.05, 0.1) is 5.75 Å². The van der Waals surface area contributed by atoms with Crippen LogP contribution in [-0.4, -0.2) is 17.6 Å². The van der Waals surface area contributed by atoms with Crippen molar-refractivity contribution in [2.45, 2.75) is 32.1 Å². The van der Waals surface area contributed by atoms with Crippen LogP contribution in [0.4, 0.5) is 11.4 Å². The maximum atomic E-state index is 12.5. The minimum atomic E-state index is -0.103. The fourth-order valence-electron chi connectivity index (χ4n) is 2.94. The van der Waals surface area contributed by atoms with Gasteiger partial charge in [-0.3, -0.25) is 14.5 Å². The Morgan fingerprint density at radius 2 is 1.92 bits per heavy atom. The summed E-state index contributed by atoms with van der Waals surface area (Å²) in [6, 6.07) is 15.9. The molecule has 1 aliphatic rings. The quantitative estimate of drug-likeness (QED) is 0.876. The van der Waals surface area contributed by atoms with Gasteiger partial charge in [-0.2, -0.15) is 0 Å². The standard InChI is InChI=1S/C20H22N2O2S/c1-13(2)15-7-9-18(10-8-15)22-19(24)12-25-20(22)16-5-4-6-17(11-16)21-14(3)23/h4-11,13,20H,12H2,1-3H3,(H,21,23)/t20-/m1/s1. The van der Waals surface area contributed by atoms with Gasteiger partial charge >= 0.3 is 0 Å². The summed E-state index contributed by atoms with van der Waals surface area (Å²) in [5.41, 5.74) is 3.93. The van der Waals surface area contributed by atoms with Crippen molar-refractivity contribution in [1.29, 1.82) is 0 Å². The minimum absolute atomic E-state index is 0.0777. The second kappa shape index (κ2) is 7.31. The zero-order valence-electron chi connectivity index (χ0n) is 14.7. The van der Waals surface area contributed by atoms with Crippen molar-refractivity contribution < 1.29 is 9.59 Å². The van der Waals surface area contributed by atoms with E-state index in [2.05, 4.69) is 31.3 Å². The van der Waals surface area contributed by atoms with E-state index in [1.54, 1.807) is 11.8 Å². The number of benzene rings is 2. The zero-order valence-corrected chi connectivity index (χ0v) is 15.5. The maximum Gasteiger partial charge on any atom is 0.238 e. The van der Waals surface area contributed by atoms with Crippen molar-refractivity contribution in [3.05, 3.63) is 59.7 Å². The number of carbonyl (C=O) groups excluding carboxylic acids is 2. The van der Waals surface area contributed by atoms with Crippen molar-refractivity contribution in [2.75, 3.05) is 16.0 Å². The Balaban J connectivity index is 1.90. The molecule has 4 nitrogen and oxygen atoms in total. The average Bonchev–Trinajstić information content (AvgIpc) is 2.96. The van der Waals surface area contributed by atoms with Gasteiger partial charge in [0, 0.05) is 18.3 Å². The molecule has 1 saturated heterocycles. The van der Waals surface area contributed by atoms with E-state index < -0.39 is 0 Å². The lowest BCUT2D eigenvalue weighted by molar-refractivity contribution is -0.116. The number of anilines is 2. The third-order valence-corrected chi connectivity index (χ3v) is 5.41. The van der Waals surface area contributed by atoms with Crippen LogP contribution >= 0.6 is 11.8 Å². The Bertz CT molecular complexity index is 787. The van der Waals surface area contributed by atoms with Crippen LogP contribution in [0.3, 0.4) is 0 Å². The van der Waals surface area contributed by atoms with Gasteiger partial charge in [0.2, 0.25) is 11.8 Å². The molecule has 2 aromatic carbocycles. The van der Waals surface area contributed by atoms with Gasteiger partial charge in [0.15, 0.2) is 0 Å². The van der Waals surface area contributed by atoms with Crippen molar-refractivity contribution in [1.82, 2.24) is 0 Å². The predicted molar refractivity (Wildman–Crippen MR) is 104 cm³/mol. The zero-order chi connectivity index (χ0) is 18.0. The lowest BCUT2D eigenvalue weighted by Gasteiger charge is -2.25. The van der Waals surface area contributed by atoms with Crippen molar-refractivity contribution >= 4 is 35.0 Å². The summed E-state index contributed by atoms with van der Waals surface area (Å²) in [7, 11) is 0. The molecule has 1 N–H and O–H groups in total. The fraction of sp³-hybridized carbons (Fsp3) is 0.300.